The van der Waals surface area contributed by atoms with Gasteiger partial charge in [0.1, 0.15) is 6.26 Å². The highest BCUT2D eigenvalue weighted by Gasteiger charge is 2.16. The maximum Gasteiger partial charge on any atom is 0.226 e. The highest BCUT2D eigenvalue weighted by Crippen LogP contribution is 2.22. The molecule has 0 bridgehead atoms. The number of benzene rings is 2. The third-order valence-electron chi connectivity index (χ3n) is 3.24. The first-order valence-electron chi connectivity index (χ1n) is 6.96. The SMILES string of the molecule is O=S(=O)(Cc1ccccc1)Cc1coc(-c2ccc(Cl)cc2)n1. The van der Waals surface area contributed by atoms with Crippen molar-refractivity contribution in [3.05, 3.63) is 77.1 Å². The summed E-state index contributed by atoms with van der Waals surface area (Å²) in [5, 5.41) is 0.617. The summed E-state index contributed by atoms with van der Waals surface area (Å²) in [6.45, 7) is 0. The average Bonchev–Trinajstić information content (AvgIpc) is 2.96. The Morgan fingerprint density at radius 1 is 0.957 bits per heavy atom. The minimum absolute atomic E-state index is 0.0169. The summed E-state index contributed by atoms with van der Waals surface area (Å²) in [4.78, 5) is 4.25. The van der Waals surface area contributed by atoms with E-state index in [-0.39, 0.29) is 11.5 Å². The largest absolute Gasteiger partial charge is 0.444 e. The van der Waals surface area contributed by atoms with Crippen molar-refractivity contribution in [2.45, 2.75) is 11.5 Å². The van der Waals surface area contributed by atoms with Gasteiger partial charge in [0.2, 0.25) is 5.89 Å². The summed E-state index contributed by atoms with van der Waals surface area (Å²) in [6, 6.07) is 16.1. The Bertz CT molecular complexity index is 887. The number of hydrogen-bond donors (Lipinski definition) is 0. The number of oxazole rings is 1. The number of hydrogen-bond acceptors (Lipinski definition) is 4. The predicted molar refractivity (Wildman–Crippen MR) is 89.7 cm³/mol. The summed E-state index contributed by atoms with van der Waals surface area (Å²) >= 11 is 5.84. The monoisotopic (exact) mass is 347 g/mol. The molecule has 2 aromatic carbocycles. The first kappa shape index (κ1) is 15.8. The molecule has 3 aromatic rings. The number of sulfone groups is 1. The summed E-state index contributed by atoms with van der Waals surface area (Å²) < 4.78 is 29.9. The smallest absolute Gasteiger partial charge is 0.226 e. The van der Waals surface area contributed by atoms with E-state index < -0.39 is 9.84 Å². The van der Waals surface area contributed by atoms with E-state index in [2.05, 4.69) is 4.98 Å². The Balaban J connectivity index is 1.74. The van der Waals surface area contributed by atoms with E-state index in [4.69, 9.17) is 16.0 Å². The molecular weight excluding hydrogens is 334 g/mol. The fourth-order valence-corrected chi connectivity index (χ4v) is 3.71. The van der Waals surface area contributed by atoms with Crippen molar-refractivity contribution in [2.24, 2.45) is 0 Å². The summed E-state index contributed by atoms with van der Waals surface area (Å²) in [6.07, 6.45) is 1.38. The molecule has 0 radical (unpaired) electrons. The first-order valence-corrected chi connectivity index (χ1v) is 9.16. The Hall–Kier alpha value is -2.11. The van der Waals surface area contributed by atoms with Crippen LogP contribution >= 0.6 is 11.6 Å². The molecule has 1 aromatic heterocycles. The van der Waals surface area contributed by atoms with Crippen molar-refractivity contribution in [1.29, 1.82) is 0 Å². The molecule has 4 nitrogen and oxygen atoms in total. The van der Waals surface area contributed by atoms with Crippen LogP contribution in [0.3, 0.4) is 0 Å². The highest BCUT2D eigenvalue weighted by atomic mass is 35.5. The molecule has 0 fully saturated rings. The van der Waals surface area contributed by atoms with Gasteiger partial charge in [0.15, 0.2) is 9.84 Å². The maximum atomic E-state index is 12.3. The van der Waals surface area contributed by atoms with Crippen molar-refractivity contribution in [3.63, 3.8) is 0 Å². The molecule has 0 amide bonds. The van der Waals surface area contributed by atoms with Gasteiger partial charge in [-0.15, -0.1) is 0 Å². The van der Waals surface area contributed by atoms with Gasteiger partial charge in [-0.2, -0.15) is 0 Å². The van der Waals surface area contributed by atoms with Gasteiger partial charge in [-0.05, 0) is 29.8 Å². The van der Waals surface area contributed by atoms with E-state index in [1.165, 1.54) is 6.26 Å². The molecule has 0 saturated carbocycles. The number of halogens is 1. The van der Waals surface area contributed by atoms with E-state index in [9.17, 15) is 8.42 Å². The second-order valence-corrected chi connectivity index (χ2v) is 7.67. The van der Waals surface area contributed by atoms with Gasteiger partial charge < -0.3 is 4.42 Å². The Labute approximate surface area is 139 Å². The molecular formula is C17H14ClNO3S. The van der Waals surface area contributed by atoms with Crippen molar-refractivity contribution < 1.29 is 12.8 Å². The fourth-order valence-electron chi connectivity index (χ4n) is 2.20. The van der Waals surface area contributed by atoms with Gasteiger partial charge in [0.05, 0.1) is 17.2 Å². The molecule has 1 heterocycles. The molecule has 6 heteroatoms. The van der Waals surface area contributed by atoms with Crippen LogP contribution in [0.15, 0.2) is 65.3 Å². The van der Waals surface area contributed by atoms with Crippen molar-refractivity contribution >= 4 is 21.4 Å². The van der Waals surface area contributed by atoms with Crippen LogP contribution in [0.25, 0.3) is 11.5 Å². The minimum Gasteiger partial charge on any atom is -0.444 e. The van der Waals surface area contributed by atoms with E-state index in [1.807, 2.05) is 18.2 Å². The third-order valence-corrected chi connectivity index (χ3v) is 5.00. The molecule has 0 aliphatic carbocycles. The summed E-state index contributed by atoms with van der Waals surface area (Å²) in [5.41, 5.74) is 1.90. The Morgan fingerprint density at radius 3 is 2.35 bits per heavy atom. The fraction of sp³-hybridized carbons (Fsp3) is 0.118. The molecule has 0 spiro atoms. The number of aromatic nitrogens is 1. The Morgan fingerprint density at radius 2 is 1.65 bits per heavy atom. The zero-order valence-electron chi connectivity index (χ0n) is 12.1. The maximum absolute atomic E-state index is 12.3. The van der Waals surface area contributed by atoms with Crippen molar-refractivity contribution in [2.75, 3.05) is 0 Å². The van der Waals surface area contributed by atoms with Gasteiger partial charge in [0, 0.05) is 10.6 Å². The molecule has 0 aliphatic heterocycles. The first-order chi connectivity index (χ1) is 11.0. The quantitative estimate of drug-likeness (QED) is 0.696. The zero-order chi connectivity index (χ0) is 16.3. The van der Waals surface area contributed by atoms with Crippen LogP contribution < -0.4 is 0 Å². The number of nitrogens with zero attached hydrogens (tertiary/aromatic N) is 1. The van der Waals surface area contributed by atoms with Crippen molar-refractivity contribution in [3.8, 4) is 11.5 Å². The molecule has 23 heavy (non-hydrogen) atoms. The molecule has 118 valence electrons. The molecule has 3 rings (SSSR count). The molecule has 0 N–H and O–H groups in total. The lowest BCUT2D eigenvalue weighted by Crippen LogP contribution is -2.07. The second-order valence-electron chi connectivity index (χ2n) is 5.17. The lowest BCUT2D eigenvalue weighted by Gasteiger charge is -2.02. The molecule has 0 atom stereocenters. The van der Waals surface area contributed by atoms with Gasteiger partial charge in [-0.3, -0.25) is 0 Å². The van der Waals surface area contributed by atoms with Crippen LogP contribution in [0, 0.1) is 0 Å². The van der Waals surface area contributed by atoms with Gasteiger partial charge in [-0.25, -0.2) is 13.4 Å². The predicted octanol–water partition coefficient (Wildman–Crippen LogP) is 4.11. The van der Waals surface area contributed by atoms with Crippen LogP contribution in [0.5, 0.6) is 0 Å². The zero-order valence-corrected chi connectivity index (χ0v) is 13.7. The topological polar surface area (TPSA) is 60.2 Å². The lowest BCUT2D eigenvalue weighted by atomic mass is 10.2. The molecule has 0 aliphatic rings. The van der Waals surface area contributed by atoms with Crippen LogP contribution in [0.2, 0.25) is 5.02 Å². The van der Waals surface area contributed by atoms with E-state index in [0.717, 1.165) is 11.1 Å². The number of rotatable bonds is 5. The minimum atomic E-state index is -3.31. The highest BCUT2D eigenvalue weighted by molar-refractivity contribution is 7.89. The van der Waals surface area contributed by atoms with Crippen LogP contribution in [-0.2, 0) is 21.3 Å². The molecule has 0 saturated heterocycles. The lowest BCUT2D eigenvalue weighted by molar-refractivity contribution is 0.571. The second kappa shape index (κ2) is 6.56. The van der Waals surface area contributed by atoms with Crippen LogP contribution in [0.1, 0.15) is 11.3 Å². The third kappa shape index (κ3) is 4.21. The average molecular weight is 348 g/mol. The summed E-state index contributed by atoms with van der Waals surface area (Å²) in [5.74, 6) is 0.210. The molecule has 0 unspecified atom stereocenters. The van der Waals surface area contributed by atoms with Crippen LogP contribution in [-0.4, -0.2) is 13.4 Å². The normalized spacial score (nSPS) is 11.5. The Kier molecular flexibility index (Phi) is 4.50. The van der Waals surface area contributed by atoms with Crippen LogP contribution in [0.4, 0.5) is 0 Å². The summed E-state index contributed by atoms with van der Waals surface area (Å²) in [7, 11) is -3.31. The van der Waals surface area contributed by atoms with Gasteiger partial charge in [-0.1, -0.05) is 41.9 Å². The van der Waals surface area contributed by atoms with Gasteiger partial charge >= 0.3 is 0 Å². The van der Waals surface area contributed by atoms with E-state index >= 15 is 0 Å². The van der Waals surface area contributed by atoms with Crippen molar-refractivity contribution in [1.82, 2.24) is 4.98 Å². The van der Waals surface area contributed by atoms with Gasteiger partial charge in [0.25, 0.3) is 0 Å². The standard InChI is InChI=1S/C17H14ClNO3S/c18-15-8-6-14(7-9-15)17-19-16(10-22-17)12-23(20,21)11-13-4-2-1-3-5-13/h1-10H,11-12H2. The van der Waals surface area contributed by atoms with E-state index in [1.54, 1.807) is 36.4 Å². The van der Waals surface area contributed by atoms with E-state index in [0.29, 0.717) is 16.6 Å².